The van der Waals surface area contributed by atoms with Gasteiger partial charge >= 0.3 is 0 Å². The molecule has 1 aromatic heterocycles. The highest BCUT2D eigenvalue weighted by Gasteiger charge is 2.03. The van der Waals surface area contributed by atoms with Crippen LogP contribution in [0, 0.1) is 11.8 Å². The number of nitrogens with one attached hydrogen (secondary N) is 1. The van der Waals surface area contributed by atoms with E-state index in [1.165, 1.54) is 0 Å². The fourth-order valence-corrected chi connectivity index (χ4v) is 2.37. The van der Waals surface area contributed by atoms with Gasteiger partial charge in [-0.3, -0.25) is 4.79 Å². The standard InChI is InChI=1S/C16H16N2OS/c17-8-1-2-13-3-5-14(6-4-13)11-18-16(19)10-15-7-9-20-12-15/h3-7,9,12H,8,10-11,17H2,(H,18,19). The van der Waals surface area contributed by atoms with E-state index in [1.54, 1.807) is 11.3 Å². The molecule has 1 heterocycles. The summed E-state index contributed by atoms with van der Waals surface area (Å²) in [5, 5.41) is 6.88. The molecule has 0 aliphatic rings. The summed E-state index contributed by atoms with van der Waals surface area (Å²) in [4.78, 5) is 11.7. The normalized spacial score (nSPS) is 9.65. The smallest absolute Gasteiger partial charge is 0.224 e. The zero-order valence-corrected chi connectivity index (χ0v) is 11.9. The van der Waals surface area contributed by atoms with Gasteiger partial charge in [-0.1, -0.05) is 24.0 Å². The van der Waals surface area contributed by atoms with Crippen LogP contribution in [0.25, 0.3) is 0 Å². The zero-order valence-electron chi connectivity index (χ0n) is 11.1. The number of hydrogen-bond acceptors (Lipinski definition) is 3. The summed E-state index contributed by atoms with van der Waals surface area (Å²) in [5.41, 5.74) is 8.37. The molecular formula is C16H16N2OS. The molecule has 2 rings (SSSR count). The lowest BCUT2D eigenvalue weighted by atomic mass is 10.1. The Morgan fingerprint density at radius 1 is 1.20 bits per heavy atom. The van der Waals surface area contributed by atoms with Crippen molar-refractivity contribution >= 4 is 17.2 Å². The van der Waals surface area contributed by atoms with E-state index in [0.29, 0.717) is 19.5 Å². The molecule has 3 nitrogen and oxygen atoms in total. The van der Waals surface area contributed by atoms with Gasteiger partial charge in [-0.25, -0.2) is 0 Å². The summed E-state index contributed by atoms with van der Waals surface area (Å²) in [6.07, 6.45) is 0.434. The van der Waals surface area contributed by atoms with Crippen LogP contribution in [-0.4, -0.2) is 12.5 Å². The topological polar surface area (TPSA) is 55.1 Å². The molecule has 0 aliphatic heterocycles. The maximum Gasteiger partial charge on any atom is 0.224 e. The summed E-state index contributed by atoms with van der Waals surface area (Å²) in [6, 6.07) is 9.76. The van der Waals surface area contributed by atoms with Crippen molar-refractivity contribution in [3.63, 3.8) is 0 Å². The SMILES string of the molecule is NCC#Cc1ccc(CNC(=O)Cc2ccsc2)cc1. The van der Waals surface area contributed by atoms with Gasteiger partial charge < -0.3 is 11.1 Å². The highest BCUT2D eigenvalue weighted by molar-refractivity contribution is 7.07. The number of hydrogen-bond donors (Lipinski definition) is 2. The second kappa shape index (κ2) is 7.49. The van der Waals surface area contributed by atoms with Crippen LogP contribution >= 0.6 is 11.3 Å². The van der Waals surface area contributed by atoms with Gasteiger partial charge in [0, 0.05) is 12.1 Å². The van der Waals surface area contributed by atoms with Crippen molar-refractivity contribution in [1.29, 1.82) is 0 Å². The lowest BCUT2D eigenvalue weighted by Gasteiger charge is -2.04. The van der Waals surface area contributed by atoms with Gasteiger partial charge in [0.25, 0.3) is 0 Å². The molecule has 3 N–H and O–H groups in total. The summed E-state index contributed by atoms with van der Waals surface area (Å²) >= 11 is 1.60. The Bertz CT molecular complexity index is 606. The Morgan fingerprint density at radius 2 is 2.00 bits per heavy atom. The molecule has 1 amide bonds. The van der Waals surface area contributed by atoms with Crippen molar-refractivity contribution < 1.29 is 4.79 Å². The molecule has 0 atom stereocenters. The summed E-state index contributed by atoms with van der Waals surface area (Å²) in [6.45, 7) is 0.897. The van der Waals surface area contributed by atoms with Crippen LogP contribution in [-0.2, 0) is 17.8 Å². The van der Waals surface area contributed by atoms with Crippen LogP contribution in [0.4, 0.5) is 0 Å². The van der Waals surface area contributed by atoms with Crippen molar-refractivity contribution in [1.82, 2.24) is 5.32 Å². The Labute approximate surface area is 122 Å². The van der Waals surface area contributed by atoms with Crippen LogP contribution in [0.5, 0.6) is 0 Å². The third-order valence-corrected chi connectivity index (χ3v) is 3.46. The van der Waals surface area contributed by atoms with Gasteiger partial charge in [0.05, 0.1) is 13.0 Å². The van der Waals surface area contributed by atoms with Crippen molar-refractivity contribution in [2.75, 3.05) is 6.54 Å². The van der Waals surface area contributed by atoms with Crippen molar-refractivity contribution in [2.24, 2.45) is 5.73 Å². The second-order valence-electron chi connectivity index (χ2n) is 4.29. The molecule has 0 fully saturated rings. The van der Waals surface area contributed by atoms with Gasteiger partial charge in [0.1, 0.15) is 0 Å². The highest BCUT2D eigenvalue weighted by Crippen LogP contribution is 2.07. The minimum Gasteiger partial charge on any atom is -0.352 e. The summed E-state index contributed by atoms with van der Waals surface area (Å²) < 4.78 is 0. The van der Waals surface area contributed by atoms with E-state index >= 15 is 0 Å². The Kier molecular flexibility index (Phi) is 5.36. The molecule has 0 radical (unpaired) electrons. The molecule has 0 saturated carbocycles. The van der Waals surface area contributed by atoms with E-state index < -0.39 is 0 Å². The first kappa shape index (κ1) is 14.3. The van der Waals surface area contributed by atoms with E-state index in [1.807, 2.05) is 41.1 Å². The molecule has 0 unspecified atom stereocenters. The molecule has 4 heteroatoms. The number of carbonyl (C=O) groups excluding carboxylic acids is 1. The van der Waals surface area contributed by atoms with Gasteiger partial charge in [-0.05, 0) is 40.1 Å². The molecule has 1 aromatic carbocycles. The Hall–Kier alpha value is -2.09. The van der Waals surface area contributed by atoms with E-state index in [4.69, 9.17) is 5.73 Å². The van der Waals surface area contributed by atoms with Gasteiger partial charge in [-0.15, -0.1) is 0 Å². The van der Waals surface area contributed by atoms with Crippen LogP contribution in [0.1, 0.15) is 16.7 Å². The first-order valence-electron chi connectivity index (χ1n) is 6.33. The number of amides is 1. The van der Waals surface area contributed by atoms with Gasteiger partial charge in [0.2, 0.25) is 5.91 Å². The number of nitrogens with two attached hydrogens (primary N) is 1. The number of benzene rings is 1. The Morgan fingerprint density at radius 3 is 2.65 bits per heavy atom. The number of rotatable bonds is 4. The minimum absolute atomic E-state index is 0.0374. The molecule has 102 valence electrons. The van der Waals surface area contributed by atoms with Crippen molar-refractivity contribution in [3.05, 3.63) is 57.8 Å². The zero-order chi connectivity index (χ0) is 14.2. The maximum absolute atomic E-state index is 11.7. The first-order chi connectivity index (χ1) is 9.78. The van der Waals surface area contributed by atoms with Crippen LogP contribution < -0.4 is 11.1 Å². The average molecular weight is 284 g/mol. The molecular weight excluding hydrogens is 268 g/mol. The molecule has 0 bridgehead atoms. The summed E-state index contributed by atoms with van der Waals surface area (Å²) in [5.74, 6) is 5.81. The quantitative estimate of drug-likeness (QED) is 0.843. The molecule has 20 heavy (non-hydrogen) atoms. The van der Waals surface area contributed by atoms with E-state index in [0.717, 1.165) is 16.7 Å². The van der Waals surface area contributed by atoms with Crippen LogP contribution in [0.15, 0.2) is 41.1 Å². The lowest BCUT2D eigenvalue weighted by Crippen LogP contribution is -2.24. The van der Waals surface area contributed by atoms with Gasteiger partial charge in [-0.2, -0.15) is 11.3 Å². The van der Waals surface area contributed by atoms with E-state index in [2.05, 4.69) is 17.2 Å². The van der Waals surface area contributed by atoms with Crippen LogP contribution in [0.3, 0.4) is 0 Å². The molecule has 0 spiro atoms. The fourth-order valence-electron chi connectivity index (χ4n) is 1.70. The fraction of sp³-hybridized carbons (Fsp3) is 0.188. The number of thiophene rings is 1. The highest BCUT2D eigenvalue weighted by atomic mass is 32.1. The minimum atomic E-state index is 0.0374. The van der Waals surface area contributed by atoms with Crippen molar-refractivity contribution in [3.8, 4) is 11.8 Å². The molecule has 0 saturated heterocycles. The molecule has 2 aromatic rings. The third-order valence-electron chi connectivity index (χ3n) is 2.72. The van der Waals surface area contributed by atoms with E-state index in [-0.39, 0.29) is 5.91 Å². The van der Waals surface area contributed by atoms with Gasteiger partial charge in [0.15, 0.2) is 0 Å². The third kappa shape index (κ3) is 4.54. The predicted molar refractivity (Wildman–Crippen MR) is 82.2 cm³/mol. The molecule has 0 aliphatic carbocycles. The summed E-state index contributed by atoms with van der Waals surface area (Å²) in [7, 11) is 0. The largest absolute Gasteiger partial charge is 0.352 e. The first-order valence-corrected chi connectivity index (χ1v) is 7.28. The van der Waals surface area contributed by atoms with E-state index in [9.17, 15) is 4.79 Å². The number of carbonyl (C=O) groups is 1. The second-order valence-corrected chi connectivity index (χ2v) is 5.07. The Balaban J connectivity index is 1.83. The predicted octanol–water partition coefficient (Wildman–Crippen LogP) is 1.92. The average Bonchev–Trinajstić information content (AvgIpc) is 2.97. The monoisotopic (exact) mass is 284 g/mol. The lowest BCUT2D eigenvalue weighted by molar-refractivity contribution is -0.120. The van der Waals surface area contributed by atoms with Crippen LogP contribution in [0.2, 0.25) is 0 Å². The maximum atomic E-state index is 11.7. The van der Waals surface area contributed by atoms with Crippen molar-refractivity contribution in [2.45, 2.75) is 13.0 Å².